The Bertz CT molecular complexity index is 775. The zero-order chi connectivity index (χ0) is 27.9. The van der Waals surface area contributed by atoms with E-state index < -0.39 is 56.9 Å². The van der Waals surface area contributed by atoms with E-state index in [9.17, 15) is 4.79 Å². The van der Waals surface area contributed by atoms with Gasteiger partial charge in [-0.2, -0.15) is 0 Å². The summed E-state index contributed by atoms with van der Waals surface area (Å²) in [5.41, 5.74) is -4.65. The topological polar surface area (TPSA) is 38.8 Å². The summed E-state index contributed by atoms with van der Waals surface area (Å²) >= 11 is 5.35. The van der Waals surface area contributed by atoms with Gasteiger partial charge >= 0.3 is 0 Å². The van der Waals surface area contributed by atoms with E-state index in [1.54, 1.807) is 6.92 Å². The average molecular weight is 368 g/mol. The van der Waals surface area contributed by atoms with Crippen molar-refractivity contribution in [2.45, 2.75) is 58.7 Å². The van der Waals surface area contributed by atoms with Crippen molar-refractivity contribution in [1.82, 2.24) is 4.90 Å². The molecule has 1 unspecified atom stereocenters. The van der Waals surface area contributed by atoms with Crippen molar-refractivity contribution in [3.63, 3.8) is 0 Å². The first kappa shape index (κ1) is 7.10. The van der Waals surface area contributed by atoms with Gasteiger partial charge in [-0.05, 0) is 50.7 Å². The van der Waals surface area contributed by atoms with Crippen LogP contribution in [0.5, 0.6) is 0 Å². The molecule has 7 heteroatoms. The molecule has 0 aromatic rings. The summed E-state index contributed by atoms with van der Waals surface area (Å²) in [6.45, 7) is -12.3. The fourth-order valence-electron chi connectivity index (χ4n) is 1.91. The molecule has 0 radical (unpaired) electrons. The number of likely N-dealkylation sites (tertiary alicyclic amines) is 1. The number of piperidine rings is 1. The standard InChI is InChI=1S/C14H28NO3PS2/c1-4-10-17-19(20,18-11-5-2)21-12-14(16)15-9-7-6-8-13(15)3/h13H,4-12H2,1-3H3/i1D3,2D3,4D2,5D2,10D2,11D2. The van der Waals surface area contributed by atoms with Crippen molar-refractivity contribution in [1.29, 1.82) is 0 Å². The van der Waals surface area contributed by atoms with E-state index >= 15 is 0 Å². The Labute approximate surface area is 157 Å². The number of amides is 1. The third-order valence-electron chi connectivity index (χ3n) is 2.89. The van der Waals surface area contributed by atoms with E-state index in [1.807, 2.05) is 0 Å². The van der Waals surface area contributed by atoms with Gasteiger partial charge in [-0.1, -0.05) is 25.1 Å². The summed E-state index contributed by atoms with van der Waals surface area (Å²) in [5, 5.41) is 0. The number of hydrogen-bond donors (Lipinski definition) is 0. The predicted octanol–water partition coefficient (Wildman–Crippen LogP) is 4.20. The second-order valence-corrected chi connectivity index (χ2v) is 10.4. The quantitative estimate of drug-likeness (QED) is 0.571. The number of nitrogens with zero attached hydrogens (tertiary/aromatic N) is 1. The van der Waals surface area contributed by atoms with Gasteiger partial charge < -0.3 is 13.9 Å². The molecule has 124 valence electrons. The van der Waals surface area contributed by atoms with Crippen molar-refractivity contribution < 1.29 is 33.0 Å². The maximum absolute atomic E-state index is 12.7. The molecule has 1 amide bonds. The van der Waals surface area contributed by atoms with Crippen molar-refractivity contribution in [3.8, 4) is 0 Å². The molecular weight excluding hydrogens is 325 g/mol. The Morgan fingerprint density at radius 3 is 2.67 bits per heavy atom. The van der Waals surface area contributed by atoms with Gasteiger partial charge in [0, 0.05) is 26.3 Å². The van der Waals surface area contributed by atoms with Gasteiger partial charge in [0.25, 0.3) is 0 Å². The van der Waals surface area contributed by atoms with Gasteiger partial charge in [0.15, 0.2) is 0 Å². The normalized spacial score (nSPS) is 33.6. The first-order valence-corrected chi connectivity index (χ1v) is 10.5. The monoisotopic (exact) mass is 367 g/mol. The summed E-state index contributed by atoms with van der Waals surface area (Å²) in [5.74, 6) is -1.08. The lowest BCUT2D eigenvalue weighted by Crippen LogP contribution is -2.42. The van der Waals surface area contributed by atoms with Gasteiger partial charge in [0.05, 0.1) is 24.4 Å². The van der Waals surface area contributed by atoms with Gasteiger partial charge in [0.1, 0.15) is 0 Å². The molecule has 1 fully saturated rings. The van der Waals surface area contributed by atoms with Crippen LogP contribution < -0.4 is 0 Å². The van der Waals surface area contributed by atoms with Crippen molar-refractivity contribution in [2.75, 3.05) is 25.4 Å². The van der Waals surface area contributed by atoms with Crippen LogP contribution >= 0.6 is 17.1 Å². The highest BCUT2D eigenvalue weighted by atomic mass is 32.9. The average Bonchev–Trinajstić information content (AvgIpc) is 2.63. The summed E-state index contributed by atoms with van der Waals surface area (Å²) < 4.78 is 116. The highest BCUT2D eigenvalue weighted by Crippen LogP contribution is 2.61. The van der Waals surface area contributed by atoms with Gasteiger partial charge in [-0.15, -0.1) is 0 Å². The zero-order valence-corrected chi connectivity index (χ0v) is 14.1. The van der Waals surface area contributed by atoms with E-state index in [-0.39, 0.29) is 17.4 Å². The second kappa shape index (κ2) is 10.2. The summed E-state index contributed by atoms with van der Waals surface area (Å²) in [7, 11) is 0. The molecule has 21 heavy (non-hydrogen) atoms. The van der Waals surface area contributed by atoms with Crippen LogP contribution in [-0.4, -0.2) is 42.3 Å². The minimum atomic E-state index is -4.65. The number of carbonyl (C=O) groups is 1. The maximum Gasteiger partial charge on any atom is 0.247 e. The second-order valence-electron chi connectivity index (χ2n) is 4.29. The molecule has 0 aromatic heterocycles. The zero-order valence-electron chi connectivity index (χ0n) is 25.5. The van der Waals surface area contributed by atoms with E-state index in [2.05, 4.69) is 0 Å². The highest BCUT2D eigenvalue weighted by molar-refractivity contribution is 8.68. The third kappa shape index (κ3) is 7.00. The fraction of sp³-hybridized carbons (Fsp3) is 0.929. The van der Waals surface area contributed by atoms with Crippen LogP contribution in [0.1, 0.15) is 71.8 Å². The first-order valence-electron chi connectivity index (χ1n) is 13.3. The Kier molecular flexibility index (Phi) is 3.46. The molecule has 4 nitrogen and oxygen atoms in total. The number of rotatable bonds is 9. The molecule has 1 saturated heterocycles. The van der Waals surface area contributed by atoms with Crippen LogP contribution in [0.25, 0.3) is 0 Å². The van der Waals surface area contributed by atoms with Crippen LogP contribution in [-0.2, 0) is 25.6 Å². The van der Waals surface area contributed by atoms with E-state index in [0.717, 1.165) is 19.3 Å². The van der Waals surface area contributed by atoms with E-state index in [1.165, 1.54) is 4.90 Å². The molecule has 0 aliphatic carbocycles. The third-order valence-corrected chi connectivity index (χ3v) is 7.39. The molecule has 1 rings (SSSR count). The molecule has 0 spiro atoms. The number of hydrogen-bond acceptors (Lipinski definition) is 5. The van der Waals surface area contributed by atoms with Gasteiger partial charge in [-0.25, -0.2) is 0 Å². The van der Waals surface area contributed by atoms with Crippen molar-refractivity contribution in [2.24, 2.45) is 0 Å². The molecule has 0 bridgehead atoms. The predicted molar refractivity (Wildman–Crippen MR) is 94.3 cm³/mol. The first-order chi connectivity index (χ1) is 15.3. The smallest absolute Gasteiger partial charge is 0.247 e. The minimum absolute atomic E-state index is 0.135. The minimum Gasteiger partial charge on any atom is -0.339 e. The van der Waals surface area contributed by atoms with Crippen LogP contribution in [0.4, 0.5) is 0 Å². The molecular formula is C14H28NO3PS2. The molecule has 1 aliphatic heterocycles. The summed E-state index contributed by atoms with van der Waals surface area (Å²) in [6, 6.07) is -0.135. The lowest BCUT2D eigenvalue weighted by molar-refractivity contribution is -0.131. The molecule has 0 aromatic carbocycles. The lowest BCUT2D eigenvalue weighted by atomic mass is 10.0. The van der Waals surface area contributed by atoms with Crippen LogP contribution in [0.15, 0.2) is 0 Å². The SMILES string of the molecule is [2H]C([2H])([2H])C([2H])([2H])C([2H])([2H])OP(=S)(OC([2H])([2H])C([2H])([2H])C([2H])([2H])[2H])SCC(=O)N1CCCCC1C. The lowest BCUT2D eigenvalue weighted by Gasteiger charge is -2.33. The maximum atomic E-state index is 12.7. The summed E-state index contributed by atoms with van der Waals surface area (Å²) in [4.78, 5) is 14.3. The van der Waals surface area contributed by atoms with Gasteiger partial charge in [0.2, 0.25) is 11.6 Å². The van der Waals surface area contributed by atoms with E-state index in [4.69, 9.17) is 40.0 Å². The molecule has 1 aliphatic rings. The largest absolute Gasteiger partial charge is 0.339 e. The van der Waals surface area contributed by atoms with Crippen molar-refractivity contribution >= 4 is 34.8 Å². The van der Waals surface area contributed by atoms with Crippen LogP contribution in [0.3, 0.4) is 0 Å². The Hall–Kier alpha value is 0.390. The Morgan fingerprint density at radius 2 is 2.10 bits per heavy atom. The Balaban J connectivity index is 3.36. The van der Waals surface area contributed by atoms with E-state index in [0.29, 0.717) is 6.54 Å². The Morgan fingerprint density at radius 1 is 1.43 bits per heavy atom. The molecule has 0 N–H and O–H groups in total. The molecule has 1 atom stereocenters. The van der Waals surface area contributed by atoms with Crippen LogP contribution in [0, 0.1) is 0 Å². The summed E-state index contributed by atoms with van der Waals surface area (Å²) in [6.07, 6.45) is -5.02. The highest BCUT2D eigenvalue weighted by Gasteiger charge is 2.27. The molecule has 0 saturated carbocycles. The van der Waals surface area contributed by atoms with Crippen LogP contribution in [0.2, 0.25) is 0 Å². The number of carbonyl (C=O) groups excluding carboxylic acids is 1. The fourth-order valence-corrected chi connectivity index (χ4v) is 4.85. The molecule has 1 heterocycles. The van der Waals surface area contributed by atoms with Crippen molar-refractivity contribution in [3.05, 3.63) is 0 Å². The van der Waals surface area contributed by atoms with Gasteiger partial charge in [-0.3, -0.25) is 4.79 Å².